The van der Waals surface area contributed by atoms with Gasteiger partial charge in [-0.1, -0.05) is 30.3 Å². The van der Waals surface area contributed by atoms with E-state index in [2.05, 4.69) is 54.5 Å². The lowest BCUT2D eigenvalue weighted by atomic mass is 10.2. The molecule has 0 nitrogen and oxygen atoms in total. The van der Waals surface area contributed by atoms with Crippen LogP contribution in [0.4, 0.5) is 0 Å². The molecule has 1 rings (SSSR count). The lowest BCUT2D eigenvalue weighted by Crippen LogP contribution is -1.89. The molecule has 13 heavy (non-hydrogen) atoms. The first kappa shape index (κ1) is 10.7. The van der Waals surface area contributed by atoms with Crippen molar-refractivity contribution >= 4 is 27.6 Å². The molecular formula is C11H15S2+. The summed E-state index contributed by atoms with van der Waals surface area (Å²) in [5.74, 6) is 0. The molecule has 0 unspecified atom stereocenters. The fourth-order valence-corrected chi connectivity index (χ4v) is 2.95. The van der Waals surface area contributed by atoms with Gasteiger partial charge >= 0.3 is 0 Å². The summed E-state index contributed by atoms with van der Waals surface area (Å²) in [4.78, 5) is 1.38. The molecule has 0 saturated heterocycles. The van der Waals surface area contributed by atoms with Gasteiger partial charge < -0.3 is 0 Å². The van der Waals surface area contributed by atoms with E-state index in [1.807, 2.05) is 11.8 Å². The van der Waals surface area contributed by atoms with Crippen LogP contribution in [-0.4, -0.2) is 18.8 Å². The van der Waals surface area contributed by atoms with E-state index in [1.165, 1.54) is 10.5 Å². The third kappa shape index (κ3) is 3.49. The van der Waals surface area contributed by atoms with Gasteiger partial charge in [0.1, 0.15) is 17.9 Å². The van der Waals surface area contributed by atoms with Crippen LogP contribution >= 0.6 is 11.8 Å². The highest BCUT2D eigenvalue weighted by atomic mass is 32.2. The summed E-state index contributed by atoms with van der Waals surface area (Å²) in [6.07, 6.45) is 6.60. The van der Waals surface area contributed by atoms with Crippen LogP contribution < -0.4 is 0 Å². The SMILES string of the molecule is CSC(=C[S+](C)C)c1ccccc1. The summed E-state index contributed by atoms with van der Waals surface area (Å²) in [6.45, 7) is 0. The summed E-state index contributed by atoms with van der Waals surface area (Å²) in [5, 5.41) is 2.33. The van der Waals surface area contributed by atoms with E-state index in [0.29, 0.717) is 10.9 Å². The maximum atomic E-state index is 2.33. The first-order valence-electron chi connectivity index (χ1n) is 4.11. The molecule has 0 bridgehead atoms. The van der Waals surface area contributed by atoms with Gasteiger partial charge in [-0.3, -0.25) is 0 Å². The van der Waals surface area contributed by atoms with Crippen LogP contribution in [0.2, 0.25) is 0 Å². The Morgan fingerprint density at radius 2 is 1.85 bits per heavy atom. The molecular weight excluding hydrogens is 196 g/mol. The zero-order valence-corrected chi connectivity index (χ0v) is 9.91. The molecule has 0 saturated carbocycles. The van der Waals surface area contributed by atoms with E-state index in [4.69, 9.17) is 0 Å². The third-order valence-corrected chi connectivity index (χ3v) is 3.27. The Bertz CT molecular complexity index is 275. The van der Waals surface area contributed by atoms with Crippen LogP contribution in [-0.2, 0) is 10.9 Å². The van der Waals surface area contributed by atoms with E-state index in [-0.39, 0.29) is 0 Å². The number of rotatable bonds is 3. The van der Waals surface area contributed by atoms with Gasteiger partial charge in [-0.2, -0.15) is 0 Å². The minimum absolute atomic E-state index is 0.371. The molecule has 0 amide bonds. The largest absolute Gasteiger partial charge is 0.132 e. The van der Waals surface area contributed by atoms with Crippen molar-refractivity contribution in [2.24, 2.45) is 0 Å². The van der Waals surface area contributed by atoms with Crippen molar-refractivity contribution < 1.29 is 0 Å². The number of thioether (sulfide) groups is 1. The van der Waals surface area contributed by atoms with Gasteiger partial charge in [0.15, 0.2) is 0 Å². The quantitative estimate of drug-likeness (QED) is 0.692. The number of hydrogen-bond donors (Lipinski definition) is 0. The van der Waals surface area contributed by atoms with Crippen molar-refractivity contribution in [3.63, 3.8) is 0 Å². The van der Waals surface area contributed by atoms with Crippen molar-refractivity contribution in [3.8, 4) is 0 Å². The maximum absolute atomic E-state index is 2.33. The highest BCUT2D eigenvalue weighted by Gasteiger charge is 2.04. The smallest absolute Gasteiger partial charge is 0.125 e. The van der Waals surface area contributed by atoms with Crippen molar-refractivity contribution in [3.05, 3.63) is 41.3 Å². The van der Waals surface area contributed by atoms with E-state index in [9.17, 15) is 0 Å². The normalized spacial score (nSPS) is 12.2. The van der Waals surface area contributed by atoms with E-state index in [1.54, 1.807) is 0 Å². The predicted octanol–water partition coefficient (Wildman–Crippen LogP) is 3.23. The molecule has 2 heteroatoms. The Morgan fingerprint density at radius 1 is 1.23 bits per heavy atom. The first-order chi connectivity index (χ1) is 6.24. The topological polar surface area (TPSA) is 0 Å². The van der Waals surface area contributed by atoms with Gasteiger partial charge in [-0.25, -0.2) is 0 Å². The molecule has 0 aliphatic rings. The van der Waals surface area contributed by atoms with Gasteiger partial charge in [-0.05, 0) is 11.8 Å². The molecule has 1 aromatic carbocycles. The maximum Gasteiger partial charge on any atom is 0.132 e. The van der Waals surface area contributed by atoms with Gasteiger partial charge in [0.2, 0.25) is 0 Å². The van der Waals surface area contributed by atoms with Crippen LogP contribution in [0, 0.1) is 0 Å². The van der Waals surface area contributed by atoms with E-state index < -0.39 is 0 Å². The average molecular weight is 211 g/mol. The zero-order chi connectivity index (χ0) is 9.68. The van der Waals surface area contributed by atoms with Crippen molar-refractivity contribution in [2.75, 3.05) is 18.8 Å². The van der Waals surface area contributed by atoms with Gasteiger partial charge in [0.05, 0.1) is 4.91 Å². The van der Waals surface area contributed by atoms with Crippen molar-refractivity contribution in [2.45, 2.75) is 0 Å². The molecule has 0 aliphatic carbocycles. The highest BCUT2D eigenvalue weighted by molar-refractivity contribution is 8.09. The minimum atomic E-state index is 0.371. The monoisotopic (exact) mass is 211 g/mol. The molecule has 0 aliphatic heterocycles. The Labute approximate surface area is 87.8 Å². The summed E-state index contributed by atoms with van der Waals surface area (Å²) in [7, 11) is 0.371. The van der Waals surface area contributed by atoms with Crippen LogP contribution in [0.1, 0.15) is 5.56 Å². The van der Waals surface area contributed by atoms with Crippen LogP contribution in [0.15, 0.2) is 35.7 Å². The lowest BCUT2D eigenvalue weighted by molar-refractivity contribution is 1.66. The lowest BCUT2D eigenvalue weighted by Gasteiger charge is -2.01. The molecule has 0 heterocycles. The molecule has 0 fully saturated rings. The summed E-state index contributed by atoms with van der Waals surface area (Å²) < 4.78 is 0. The fraction of sp³-hybridized carbons (Fsp3) is 0.273. The average Bonchev–Trinajstić information content (AvgIpc) is 2.15. The van der Waals surface area contributed by atoms with Crippen molar-refractivity contribution in [1.82, 2.24) is 0 Å². The van der Waals surface area contributed by atoms with Crippen LogP contribution in [0.25, 0.3) is 4.91 Å². The first-order valence-corrected chi connectivity index (χ1v) is 7.44. The number of benzene rings is 1. The molecule has 0 aromatic heterocycles. The van der Waals surface area contributed by atoms with Gasteiger partial charge in [-0.15, -0.1) is 11.8 Å². The molecule has 70 valence electrons. The van der Waals surface area contributed by atoms with E-state index in [0.717, 1.165) is 0 Å². The van der Waals surface area contributed by atoms with Crippen molar-refractivity contribution in [1.29, 1.82) is 0 Å². The Morgan fingerprint density at radius 3 is 2.31 bits per heavy atom. The molecule has 0 radical (unpaired) electrons. The zero-order valence-electron chi connectivity index (χ0n) is 8.28. The van der Waals surface area contributed by atoms with E-state index >= 15 is 0 Å². The van der Waals surface area contributed by atoms with Crippen LogP contribution in [0.3, 0.4) is 0 Å². The number of hydrogen-bond acceptors (Lipinski definition) is 1. The Balaban J connectivity index is 2.91. The van der Waals surface area contributed by atoms with Crippen LogP contribution in [0.5, 0.6) is 0 Å². The highest BCUT2D eigenvalue weighted by Crippen LogP contribution is 2.25. The summed E-state index contributed by atoms with van der Waals surface area (Å²) >= 11 is 1.82. The summed E-state index contributed by atoms with van der Waals surface area (Å²) in [6, 6.07) is 10.6. The van der Waals surface area contributed by atoms with Gasteiger partial charge in [0.25, 0.3) is 0 Å². The second-order valence-electron chi connectivity index (χ2n) is 2.93. The Kier molecular flexibility index (Phi) is 4.46. The molecule has 0 N–H and O–H groups in total. The Hall–Kier alpha value is -0.340. The minimum Gasteiger partial charge on any atom is -0.125 e. The standard InChI is InChI=1S/C11H15S2/c1-12-11(9-13(2)3)10-7-5-4-6-8-10/h4-9H,1-3H3/q+1. The second kappa shape index (κ2) is 5.40. The molecule has 0 atom stereocenters. The fourth-order valence-electron chi connectivity index (χ4n) is 1.05. The molecule has 0 spiro atoms. The summed E-state index contributed by atoms with van der Waals surface area (Å²) in [5.41, 5.74) is 1.33. The molecule has 1 aromatic rings. The second-order valence-corrected chi connectivity index (χ2v) is 5.77. The third-order valence-electron chi connectivity index (χ3n) is 1.62. The van der Waals surface area contributed by atoms with Gasteiger partial charge in [0, 0.05) is 10.9 Å². The predicted molar refractivity (Wildman–Crippen MR) is 67.1 cm³/mol.